The summed E-state index contributed by atoms with van der Waals surface area (Å²) in [4.78, 5) is 3.60. The zero-order valence-corrected chi connectivity index (χ0v) is 9.57. The summed E-state index contributed by atoms with van der Waals surface area (Å²) in [6.45, 7) is 0. The van der Waals surface area contributed by atoms with Gasteiger partial charge in [-0.05, 0) is 48.9 Å². The summed E-state index contributed by atoms with van der Waals surface area (Å²) in [7, 11) is 0. The van der Waals surface area contributed by atoms with Crippen LogP contribution in [-0.2, 0) is 12.8 Å². The van der Waals surface area contributed by atoms with Gasteiger partial charge in [0, 0.05) is 11.3 Å². The van der Waals surface area contributed by atoms with E-state index in [0.717, 1.165) is 24.1 Å². The molecule has 0 aromatic heterocycles. The van der Waals surface area contributed by atoms with Crippen LogP contribution >= 0.6 is 0 Å². The van der Waals surface area contributed by atoms with Crippen molar-refractivity contribution in [2.75, 3.05) is 5.32 Å². The van der Waals surface area contributed by atoms with Crippen molar-refractivity contribution in [2.24, 2.45) is 4.99 Å². The highest BCUT2D eigenvalue weighted by Gasteiger charge is 2.19. The van der Waals surface area contributed by atoms with E-state index in [0.29, 0.717) is 0 Å². The van der Waals surface area contributed by atoms with Crippen molar-refractivity contribution in [1.82, 2.24) is 0 Å². The van der Waals surface area contributed by atoms with Gasteiger partial charge in [0.05, 0.1) is 6.02 Å². The van der Waals surface area contributed by atoms with Gasteiger partial charge >= 0.3 is 0 Å². The number of amidine groups is 1. The summed E-state index contributed by atoms with van der Waals surface area (Å²) >= 11 is 0. The Morgan fingerprint density at radius 1 is 1.18 bits per heavy atom. The molecule has 1 aromatic carbocycles. The first-order valence-electron chi connectivity index (χ1n) is 6.09. The molecule has 0 radical (unpaired) electrons. The zero-order chi connectivity index (χ0) is 11.8. The minimum atomic E-state index is -1.01. The molecule has 1 aliphatic carbocycles. The second-order valence-electron chi connectivity index (χ2n) is 4.70. The number of aliphatic hydroxyl groups is 1. The van der Waals surface area contributed by atoms with Crippen LogP contribution in [0, 0.1) is 0 Å². The molecule has 0 fully saturated rings. The molecule has 90 valence electrons. The standard InChI is InChI=1S/C13H16N2O2/c16-12-10-6-8-4-2-1-3-5-9(8)7-11(10)14-13(17)15-12/h6-7,12,16H,1-5H2,(H2,14,15,17)/p-1. The maximum absolute atomic E-state index is 11.2. The Hall–Kier alpha value is -1.55. The Balaban J connectivity index is 2.06. The predicted octanol–water partition coefficient (Wildman–Crippen LogP) is 1.09. The van der Waals surface area contributed by atoms with Crippen LogP contribution in [0.15, 0.2) is 17.1 Å². The number of aryl methyl sites for hydroxylation is 2. The number of hydrogen-bond donors (Lipinski definition) is 2. The van der Waals surface area contributed by atoms with Gasteiger partial charge in [-0.1, -0.05) is 6.42 Å². The quantitative estimate of drug-likeness (QED) is 0.657. The molecule has 2 aliphatic rings. The van der Waals surface area contributed by atoms with E-state index < -0.39 is 12.2 Å². The number of nitrogens with zero attached hydrogens (tertiary/aromatic N) is 1. The van der Waals surface area contributed by atoms with Gasteiger partial charge in [-0.25, -0.2) is 4.99 Å². The van der Waals surface area contributed by atoms with Crippen molar-refractivity contribution in [2.45, 2.75) is 38.3 Å². The van der Waals surface area contributed by atoms with E-state index in [4.69, 9.17) is 0 Å². The van der Waals surface area contributed by atoms with Crippen molar-refractivity contribution >= 4 is 11.7 Å². The highest BCUT2D eigenvalue weighted by molar-refractivity contribution is 5.89. The molecule has 1 heterocycles. The second-order valence-corrected chi connectivity index (χ2v) is 4.70. The fourth-order valence-electron chi connectivity index (χ4n) is 2.63. The number of aliphatic hydroxyl groups excluding tert-OH is 1. The minimum Gasteiger partial charge on any atom is -0.846 e. The molecule has 17 heavy (non-hydrogen) atoms. The Labute approximate surface area is 100 Å². The monoisotopic (exact) mass is 231 g/mol. The van der Waals surface area contributed by atoms with Gasteiger partial charge in [0.1, 0.15) is 0 Å². The number of fused-ring (bicyclic) bond motifs is 2. The van der Waals surface area contributed by atoms with E-state index >= 15 is 0 Å². The second kappa shape index (κ2) is 4.04. The summed E-state index contributed by atoms with van der Waals surface area (Å²) in [5, 5.41) is 23.7. The summed E-state index contributed by atoms with van der Waals surface area (Å²) in [6.07, 6.45) is 4.76. The Morgan fingerprint density at radius 3 is 2.65 bits per heavy atom. The first kappa shape index (κ1) is 10.6. The molecule has 0 spiro atoms. The molecule has 1 aromatic rings. The Kier molecular flexibility index (Phi) is 2.52. The van der Waals surface area contributed by atoms with Crippen LogP contribution in [-0.4, -0.2) is 11.1 Å². The van der Waals surface area contributed by atoms with Crippen LogP contribution in [0.3, 0.4) is 0 Å². The molecule has 1 atom stereocenters. The van der Waals surface area contributed by atoms with Crippen molar-refractivity contribution < 1.29 is 10.2 Å². The highest BCUT2D eigenvalue weighted by Crippen LogP contribution is 2.33. The van der Waals surface area contributed by atoms with Gasteiger partial charge in [-0.3, -0.25) is 0 Å². The Morgan fingerprint density at radius 2 is 1.88 bits per heavy atom. The fraction of sp³-hybridized carbons (Fsp3) is 0.462. The number of benzene rings is 1. The van der Waals surface area contributed by atoms with Gasteiger partial charge in [-0.15, -0.1) is 0 Å². The van der Waals surface area contributed by atoms with E-state index in [1.54, 1.807) is 0 Å². The summed E-state index contributed by atoms with van der Waals surface area (Å²) in [5.74, 6) is 0. The molecule has 0 bridgehead atoms. The van der Waals surface area contributed by atoms with Crippen LogP contribution in [0.25, 0.3) is 0 Å². The lowest BCUT2D eigenvalue weighted by molar-refractivity contribution is -0.216. The maximum Gasteiger partial charge on any atom is 0.174 e. The van der Waals surface area contributed by atoms with Gasteiger partial charge in [0.2, 0.25) is 0 Å². The van der Waals surface area contributed by atoms with Crippen LogP contribution in [0.4, 0.5) is 5.69 Å². The average molecular weight is 231 g/mol. The third-order valence-corrected chi connectivity index (χ3v) is 3.52. The van der Waals surface area contributed by atoms with Crippen LogP contribution in [0.5, 0.6) is 0 Å². The van der Waals surface area contributed by atoms with Crippen molar-refractivity contribution in [1.29, 1.82) is 0 Å². The van der Waals surface area contributed by atoms with Gasteiger partial charge < -0.3 is 15.5 Å². The van der Waals surface area contributed by atoms with Crippen LogP contribution in [0.1, 0.15) is 42.2 Å². The molecule has 0 saturated carbocycles. The molecule has 3 rings (SSSR count). The number of rotatable bonds is 0. The van der Waals surface area contributed by atoms with Crippen molar-refractivity contribution in [3.63, 3.8) is 0 Å². The first-order chi connectivity index (χ1) is 8.24. The van der Waals surface area contributed by atoms with Crippen molar-refractivity contribution in [3.05, 3.63) is 28.8 Å². The normalized spacial score (nSPS) is 22.9. The van der Waals surface area contributed by atoms with E-state index in [2.05, 4.69) is 10.3 Å². The number of anilines is 1. The SMILES string of the molecule is [O-]C1=NC(O)c2cc3c(cc2N1)CCCCC3. The molecule has 4 heteroatoms. The molecular formula is C13H15N2O2-. The minimum absolute atomic E-state index is 0.460. The molecule has 2 N–H and O–H groups in total. The average Bonchev–Trinajstić information content (AvgIpc) is 2.51. The lowest BCUT2D eigenvalue weighted by atomic mass is 9.97. The van der Waals surface area contributed by atoms with Crippen molar-refractivity contribution in [3.8, 4) is 0 Å². The third-order valence-electron chi connectivity index (χ3n) is 3.52. The fourth-order valence-corrected chi connectivity index (χ4v) is 2.63. The maximum atomic E-state index is 11.2. The van der Waals surface area contributed by atoms with Crippen LogP contribution in [0.2, 0.25) is 0 Å². The molecule has 0 amide bonds. The number of nitrogens with one attached hydrogen (secondary N) is 1. The smallest absolute Gasteiger partial charge is 0.174 e. The molecular weight excluding hydrogens is 216 g/mol. The largest absolute Gasteiger partial charge is 0.846 e. The molecule has 1 unspecified atom stereocenters. The topological polar surface area (TPSA) is 67.7 Å². The zero-order valence-electron chi connectivity index (χ0n) is 9.57. The first-order valence-corrected chi connectivity index (χ1v) is 6.09. The highest BCUT2D eigenvalue weighted by atomic mass is 16.3. The lowest BCUT2D eigenvalue weighted by Gasteiger charge is -2.26. The molecule has 0 saturated heterocycles. The number of hydrogen-bond acceptors (Lipinski definition) is 4. The lowest BCUT2D eigenvalue weighted by Crippen LogP contribution is -2.31. The molecule has 1 aliphatic heterocycles. The van der Waals surface area contributed by atoms with Gasteiger partial charge in [-0.2, -0.15) is 0 Å². The van der Waals surface area contributed by atoms with Gasteiger partial charge in [0.25, 0.3) is 0 Å². The molecule has 4 nitrogen and oxygen atoms in total. The third kappa shape index (κ3) is 1.89. The predicted molar refractivity (Wildman–Crippen MR) is 63.7 cm³/mol. The van der Waals surface area contributed by atoms with E-state index in [-0.39, 0.29) is 0 Å². The van der Waals surface area contributed by atoms with Gasteiger partial charge in [0.15, 0.2) is 6.23 Å². The number of aliphatic imine (C=N–C) groups is 1. The summed E-state index contributed by atoms with van der Waals surface area (Å²) < 4.78 is 0. The summed E-state index contributed by atoms with van der Waals surface area (Å²) in [5.41, 5.74) is 4.05. The van der Waals surface area contributed by atoms with Crippen LogP contribution < -0.4 is 10.4 Å². The van der Waals surface area contributed by atoms with E-state index in [1.807, 2.05) is 12.1 Å². The summed E-state index contributed by atoms with van der Waals surface area (Å²) in [6, 6.07) is 3.55. The Bertz CT molecular complexity index is 483. The van der Waals surface area contributed by atoms with E-state index in [9.17, 15) is 10.2 Å². The van der Waals surface area contributed by atoms with E-state index in [1.165, 1.54) is 30.4 Å².